The number of benzene rings is 1. The normalized spacial score (nSPS) is 14.4. The van der Waals surface area contributed by atoms with Gasteiger partial charge in [0.05, 0.1) is 0 Å². The fourth-order valence-corrected chi connectivity index (χ4v) is 3.45. The Morgan fingerprint density at radius 3 is 2.74 bits per heavy atom. The van der Waals surface area contributed by atoms with Crippen LogP contribution in [0.2, 0.25) is 0 Å². The summed E-state index contributed by atoms with van der Waals surface area (Å²) in [5.74, 6) is 0. The highest BCUT2D eigenvalue weighted by Crippen LogP contribution is 2.33. The lowest BCUT2D eigenvalue weighted by Crippen LogP contribution is -2.20. The lowest BCUT2D eigenvalue weighted by molar-refractivity contribution is 0.289. The Kier molecular flexibility index (Phi) is 8.07. The minimum atomic E-state index is 0.254. The van der Waals surface area contributed by atoms with E-state index in [2.05, 4.69) is 60.2 Å². The third-order valence-corrected chi connectivity index (χ3v) is 4.76. The lowest BCUT2D eigenvalue weighted by Gasteiger charge is -2.20. The number of nitrogens with one attached hydrogen (secondary N) is 1. The third-order valence-electron chi connectivity index (χ3n) is 3.00. The van der Waals surface area contributed by atoms with Crippen LogP contribution in [0.15, 0.2) is 27.6 Å². The SMILES string of the molecule is CCCNC(C)c1cc(Br)ccc1SC(C)CCO. The van der Waals surface area contributed by atoms with Crippen LogP contribution >= 0.6 is 27.7 Å². The van der Waals surface area contributed by atoms with Crippen LogP contribution in [0.3, 0.4) is 0 Å². The molecule has 0 bridgehead atoms. The van der Waals surface area contributed by atoms with Crippen LogP contribution in [0.4, 0.5) is 0 Å². The average Bonchev–Trinajstić information content (AvgIpc) is 2.38. The van der Waals surface area contributed by atoms with Gasteiger partial charge in [-0.05, 0) is 50.1 Å². The maximum Gasteiger partial charge on any atom is 0.0441 e. The maximum absolute atomic E-state index is 9.02. The number of rotatable bonds is 8. The molecular formula is C15H24BrNOS. The molecule has 108 valence electrons. The van der Waals surface area contributed by atoms with Crippen molar-refractivity contribution in [1.82, 2.24) is 5.32 Å². The van der Waals surface area contributed by atoms with Gasteiger partial charge in [0.1, 0.15) is 0 Å². The highest BCUT2D eigenvalue weighted by molar-refractivity contribution is 9.10. The van der Waals surface area contributed by atoms with Gasteiger partial charge in [-0.3, -0.25) is 0 Å². The van der Waals surface area contributed by atoms with Crippen molar-refractivity contribution < 1.29 is 5.11 Å². The molecule has 0 spiro atoms. The highest BCUT2D eigenvalue weighted by atomic mass is 79.9. The summed E-state index contributed by atoms with van der Waals surface area (Å²) < 4.78 is 1.12. The van der Waals surface area contributed by atoms with Crippen molar-refractivity contribution in [3.63, 3.8) is 0 Å². The number of aliphatic hydroxyl groups excluding tert-OH is 1. The second-order valence-electron chi connectivity index (χ2n) is 4.80. The van der Waals surface area contributed by atoms with E-state index in [1.165, 1.54) is 10.5 Å². The first-order valence-electron chi connectivity index (χ1n) is 6.88. The average molecular weight is 346 g/mol. The zero-order valence-corrected chi connectivity index (χ0v) is 14.4. The van der Waals surface area contributed by atoms with E-state index in [1.807, 2.05) is 11.8 Å². The second kappa shape index (κ2) is 9.01. The van der Waals surface area contributed by atoms with Crippen molar-refractivity contribution >= 4 is 27.7 Å². The number of halogens is 1. The fraction of sp³-hybridized carbons (Fsp3) is 0.600. The highest BCUT2D eigenvalue weighted by Gasteiger charge is 2.13. The summed E-state index contributed by atoms with van der Waals surface area (Å²) in [6.07, 6.45) is 1.97. The van der Waals surface area contributed by atoms with Crippen LogP contribution in [-0.2, 0) is 0 Å². The van der Waals surface area contributed by atoms with Gasteiger partial charge in [-0.2, -0.15) is 0 Å². The van der Waals surface area contributed by atoms with Crippen LogP contribution in [-0.4, -0.2) is 23.5 Å². The van der Waals surface area contributed by atoms with Crippen LogP contribution in [0.5, 0.6) is 0 Å². The van der Waals surface area contributed by atoms with E-state index in [0.29, 0.717) is 11.3 Å². The monoisotopic (exact) mass is 345 g/mol. The first-order chi connectivity index (χ1) is 9.08. The number of aliphatic hydroxyl groups is 1. The molecule has 1 rings (SSSR count). The molecule has 2 nitrogen and oxygen atoms in total. The van der Waals surface area contributed by atoms with E-state index in [-0.39, 0.29) is 6.61 Å². The Hall–Kier alpha value is -0.0300. The minimum absolute atomic E-state index is 0.254. The number of hydrogen-bond acceptors (Lipinski definition) is 3. The predicted octanol–water partition coefficient (Wildman–Crippen LogP) is 4.37. The molecule has 2 N–H and O–H groups in total. The molecule has 0 heterocycles. The van der Waals surface area contributed by atoms with Gasteiger partial charge in [0.15, 0.2) is 0 Å². The lowest BCUT2D eigenvalue weighted by atomic mass is 10.1. The van der Waals surface area contributed by atoms with Crippen LogP contribution < -0.4 is 5.32 Å². The maximum atomic E-state index is 9.02. The third kappa shape index (κ3) is 5.86. The Labute approximate surface area is 129 Å². The summed E-state index contributed by atoms with van der Waals surface area (Å²) in [4.78, 5) is 1.31. The molecule has 0 aliphatic heterocycles. The van der Waals surface area contributed by atoms with Gasteiger partial charge in [0.2, 0.25) is 0 Å². The van der Waals surface area contributed by atoms with Crippen molar-refractivity contribution in [3.8, 4) is 0 Å². The fourth-order valence-electron chi connectivity index (χ4n) is 1.89. The molecule has 0 amide bonds. The van der Waals surface area contributed by atoms with E-state index < -0.39 is 0 Å². The van der Waals surface area contributed by atoms with E-state index in [9.17, 15) is 0 Å². The van der Waals surface area contributed by atoms with Crippen molar-refractivity contribution in [1.29, 1.82) is 0 Å². The molecule has 0 aromatic heterocycles. The van der Waals surface area contributed by atoms with Gasteiger partial charge in [-0.1, -0.05) is 29.8 Å². The van der Waals surface area contributed by atoms with E-state index >= 15 is 0 Å². The summed E-state index contributed by atoms with van der Waals surface area (Å²) in [6.45, 7) is 7.84. The molecule has 19 heavy (non-hydrogen) atoms. The molecule has 1 aromatic carbocycles. The Bertz CT molecular complexity index is 386. The molecule has 1 aromatic rings. The van der Waals surface area contributed by atoms with Crippen LogP contribution in [0.25, 0.3) is 0 Å². The van der Waals surface area contributed by atoms with Gasteiger partial charge < -0.3 is 10.4 Å². The molecule has 4 heteroatoms. The molecule has 0 radical (unpaired) electrons. The van der Waals surface area contributed by atoms with Crippen molar-refractivity contribution in [2.24, 2.45) is 0 Å². The second-order valence-corrected chi connectivity index (χ2v) is 7.19. The first-order valence-corrected chi connectivity index (χ1v) is 8.56. The smallest absolute Gasteiger partial charge is 0.0441 e. The summed E-state index contributed by atoms with van der Waals surface area (Å²) in [7, 11) is 0. The Balaban J connectivity index is 2.84. The van der Waals surface area contributed by atoms with Crippen molar-refractivity contribution in [2.45, 2.75) is 49.8 Å². The molecule has 2 atom stereocenters. The summed E-state index contributed by atoms with van der Waals surface area (Å²) in [5, 5.41) is 13.0. The van der Waals surface area contributed by atoms with Gasteiger partial charge in [-0.15, -0.1) is 11.8 Å². The predicted molar refractivity (Wildman–Crippen MR) is 87.9 cm³/mol. The van der Waals surface area contributed by atoms with Gasteiger partial charge in [-0.25, -0.2) is 0 Å². The minimum Gasteiger partial charge on any atom is -0.396 e. The topological polar surface area (TPSA) is 32.3 Å². The van der Waals surface area contributed by atoms with Crippen molar-refractivity contribution in [2.75, 3.05) is 13.2 Å². The summed E-state index contributed by atoms with van der Waals surface area (Å²) in [5.41, 5.74) is 1.33. The Morgan fingerprint density at radius 2 is 2.11 bits per heavy atom. The number of hydrogen-bond donors (Lipinski definition) is 2. The summed E-state index contributed by atoms with van der Waals surface area (Å²) in [6, 6.07) is 6.80. The summed E-state index contributed by atoms with van der Waals surface area (Å²) >= 11 is 5.40. The Morgan fingerprint density at radius 1 is 1.37 bits per heavy atom. The van der Waals surface area contributed by atoms with Crippen LogP contribution in [0, 0.1) is 0 Å². The molecule has 0 saturated heterocycles. The van der Waals surface area contributed by atoms with E-state index in [4.69, 9.17) is 5.11 Å². The quantitative estimate of drug-likeness (QED) is 0.686. The first kappa shape index (κ1) is 17.0. The molecule has 0 saturated carbocycles. The zero-order valence-electron chi connectivity index (χ0n) is 11.9. The van der Waals surface area contributed by atoms with Gasteiger partial charge in [0, 0.05) is 27.3 Å². The van der Waals surface area contributed by atoms with Gasteiger partial charge >= 0.3 is 0 Å². The number of thioether (sulfide) groups is 1. The van der Waals surface area contributed by atoms with Gasteiger partial charge in [0.25, 0.3) is 0 Å². The standard InChI is InChI=1S/C15H24BrNOS/c1-4-8-17-12(3)14-10-13(16)5-6-15(14)19-11(2)7-9-18/h5-6,10-12,17-18H,4,7-9H2,1-3H3. The van der Waals surface area contributed by atoms with Crippen LogP contribution in [0.1, 0.15) is 45.2 Å². The largest absolute Gasteiger partial charge is 0.396 e. The zero-order chi connectivity index (χ0) is 14.3. The molecular weight excluding hydrogens is 322 g/mol. The molecule has 0 fully saturated rings. The van der Waals surface area contributed by atoms with E-state index in [1.54, 1.807) is 0 Å². The molecule has 0 aliphatic rings. The molecule has 2 unspecified atom stereocenters. The molecule has 0 aliphatic carbocycles. The van der Waals surface area contributed by atoms with E-state index in [0.717, 1.165) is 23.9 Å². The van der Waals surface area contributed by atoms with Crippen molar-refractivity contribution in [3.05, 3.63) is 28.2 Å².